The van der Waals surface area contributed by atoms with Crippen molar-refractivity contribution in [1.82, 2.24) is 5.32 Å². The SMILES string of the molecule is CCCCC1CNCCN1c1ccc([N+](=O)[O-])cc1C1=CC(C)(C)CC(C)(C)C1. The molecule has 1 atom stereocenters. The Hall–Kier alpha value is -1.88. The Morgan fingerprint density at radius 3 is 2.69 bits per heavy atom. The topological polar surface area (TPSA) is 58.4 Å². The van der Waals surface area contributed by atoms with Crippen molar-refractivity contribution in [2.24, 2.45) is 10.8 Å². The van der Waals surface area contributed by atoms with Crippen LogP contribution in [0.3, 0.4) is 0 Å². The molecule has 0 aromatic heterocycles. The molecular formula is C24H37N3O2. The Labute approximate surface area is 175 Å². The standard InChI is InChI=1S/C24H37N3O2/c1-6-7-8-20-16-25-11-12-26(20)22-10-9-19(27(28)29)13-21(22)18-14-23(2,3)17-24(4,5)15-18/h9-10,13-14,20,25H,6-8,11-12,15-17H2,1-5H3. The van der Waals surface area contributed by atoms with Crippen molar-refractivity contribution in [3.63, 3.8) is 0 Å². The molecular weight excluding hydrogens is 362 g/mol. The minimum Gasteiger partial charge on any atom is -0.365 e. The van der Waals surface area contributed by atoms with Crippen molar-refractivity contribution in [1.29, 1.82) is 0 Å². The average molecular weight is 400 g/mol. The molecule has 0 radical (unpaired) electrons. The van der Waals surface area contributed by atoms with E-state index in [0.29, 0.717) is 6.04 Å². The number of allylic oxidation sites excluding steroid dienone is 2. The number of rotatable bonds is 6. The summed E-state index contributed by atoms with van der Waals surface area (Å²) in [7, 11) is 0. The lowest BCUT2D eigenvalue weighted by molar-refractivity contribution is -0.384. The molecule has 1 aliphatic heterocycles. The molecule has 3 rings (SSSR count). The number of anilines is 1. The Kier molecular flexibility index (Phi) is 6.37. The van der Waals surface area contributed by atoms with E-state index in [2.05, 4.69) is 50.9 Å². The van der Waals surface area contributed by atoms with Gasteiger partial charge < -0.3 is 10.2 Å². The molecule has 0 amide bonds. The second kappa shape index (κ2) is 8.47. The van der Waals surface area contributed by atoms with Crippen LogP contribution in [0.25, 0.3) is 5.57 Å². The number of hydrogen-bond acceptors (Lipinski definition) is 4. The minimum absolute atomic E-state index is 0.0873. The van der Waals surface area contributed by atoms with Crippen LogP contribution < -0.4 is 10.2 Å². The molecule has 0 saturated carbocycles. The molecule has 1 aromatic carbocycles. The van der Waals surface area contributed by atoms with Gasteiger partial charge in [0.15, 0.2) is 0 Å². The summed E-state index contributed by atoms with van der Waals surface area (Å²) < 4.78 is 0. The Balaban J connectivity index is 2.08. The Morgan fingerprint density at radius 1 is 1.28 bits per heavy atom. The fourth-order valence-corrected chi connectivity index (χ4v) is 5.48. The highest BCUT2D eigenvalue weighted by Crippen LogP contribution is 2.49. The zero-order valence-electron chi connectivity index (χ0n) is 18.8. The molecule has 1 unspecified atom stereocenters. The highest BCUT2D eigenvalue weighted by atomic mass is 16.6. The predicted octanol–water partition coefficient (Wildman–Crippen LogP) is 5.79. The maximum absolute atomic E-state index is 11.5. The van der Waals surface area contributed by atoms with E-state index < -0.39 is 0 Å². The van der Waals surface area contributed by atoms with Crippen LogP contribution in [0.5, 0.6) is 0 Å². The Morgan fingerprint density at radius 2 is 2.03 bits per heavy atom. The summed E-state index contributed by atoms with van der Waals surface area (Å²) in [5.41, 5.74) is 3.94. The largest absolute Gasteiger partial charge is 0.365 e. The third kappa shape index (κ3) is 5.19. The second-order valence-electron chi connectivity index (χ2n) is 10.3. The first-order chi connectivity index (χ1) is 13.6. The number of nitro groups is 1. The van der Waals surface area contributed by atoms with Crippen LogP contribution in [-0.4, -0.2) is 30.6 Å². The highest BCUT2D eigenvalue weighted by molar-refractivity contribution is 5.80. The summed E-state index contributed by atoms with van der Waals surface area (Å²) >= 11 is 0. The van der Waals surface area contributed by atoms with Gasteiger partial charge in [-0.05, 0) is 41.7 Å². The maximum atomic E-state index is 11.5. The van der Waals surface area contributed by atoms with Crippen LogP contribution in [0.1, 0.15) is 72.3 Å². The molecule has 1 aliphatic carbocycles. The predicted molar refractivity (Wildman–Crippen MR) is 121 cm³/mol. The van der Waals surface area contributed by atoms with Gasteiger partial charge in [-0.1, -0.05) is 53.5 Å². The van der Waals surface area contributed by atoms with Crippen LogP contribution >= 0.6 is 0 Å². The van der Waals surface area contributed by atoms with E-state index in [1.807, 2.05) is 12.1 Å². The average Bonchev–Trinajstić information content (AvgIpc) is 2.63. The van der Waals surface area contributed by atoms with Gasteiger partial charge in [0.1, 0.15) is 0 Å². The first-order valence-electron chi connectivity index (χ1n) is 11.1. The fraction of sp³-hybridized carbons (Fsp3) is 0.667. The number of nitrogens with zero attached hydrogens (tertiary/aromatic N) is 2. The molecule has 2 aliphatic rings. The first kappa shape index (κ1) is 21.8. The third-order valence-electron chi connectivity index (χ3n) is 6.26. The molecule has 5 nitrogen and oxygen atoms in total. The fourth-order valence-electron chi connectivity index (χ4n) is 5.48. The lowest BCUT2D eigenvalue weighted by Crippen LogP contribution is -2.51. The molecule has 160 valence electrons. The molecule has 0 bridgehead atoms. The van der Waals surface area contributed by atoms with E-state index in [4.69, 9.17) is 0 Å². The number of nitrogens with one attached hydrogen (secondary N) is 1. The smallest absolute Gasteiger partial charge is 0.270 e. The summed E-state index contributed by atoms with van der Waals surface area (Å²) in [5, 5.41) is 15.1. The second-order valence-corrected chi connectivity index (χ2v) is 10.3. The third-order valence-corrected chi connectivity index (χ3v) is 6.26. The van der Waals surface area contributed by atoms with Crippen LogP contribution in [0.4, 0.5) is 11.4 Å². The summed E-state index contributed by atoms with van der Waals surface area (Å²) in [6.45, 7) is 14.3. The van der Waals surface area contributed by atoms with Gasteiger partial charge in [0.25, 0.3) is 5.69 Å². The zero-order chi connectivity index (χ0) is 21.2. The first-order valence-corrected chi connectivity index (χ1v) is 11.1. The highest BCUT2D eigenvalue weighted by Gasteiger charge is 2.35. The van der Waals surface area contributed by atoms with Crippen molar-refractivity contribution >= 4 is 16.9 Å². The van der Waals surface area contributed by atoms with E-state index in [9.17, 15) is 10.1 Å². The summed E-state index contributed by atoms with van der Waals surface area (Å²) in [4.78, 5) is 13.8. The van der Waals surface area contributed by atoms with E-state index in [0.717, 1.165) is 50.1 Å². The van der Waals surface area contributed by atoms with Crippen molar-refractivity contribution < 1.29 is 4.92 Å². The van der Waals surface area contributed by atoms with E-state index in [-0.39, 0.29) is 21.4 Å². The quantitative estimate of drug-likeness (QED) is 0.486. The molecule has 1 N–H and O–H groups in total. The zero-order valence-corrected chi connectivity index (χ0v) is 18.8. The molecule has 1 aromatic rings. The number of benzene rings is 1. The van der Waals surface area contributed by atoms with Crippen LogP contribution in [0, 0.1) is 20.9 Å². The van der Waals surface area contributed by atoms with Gasteiger partial charge >= 0.3 is 0 Å². The number of non-ortho nitro benzene ring substituents is 1. The maximum Gasteiger partial charge on any atom is 0.270 e. The molecule has 1 heterocycles. The van der Waals surface area contributed by atoms with Gasteiger partial charge in [0.2, 0.25) is 0 Å². The van der Waals surface area contributed by atoms with Crippen LogP contribution in [-0.2, 0) is 0 Å². The van der Waals surface area contributed by atoms with E-state index in [1.54, 1.807) is 6.07 Å². The van der Waals surface area contributed by atoms with Crippen molar-refractivity contribution in [2.75, 3.05) is 24.5 Å². The summed E-state index contributed by atoms with van der Waals surface area (Å²) in [6, 6.07) is 5.93. The van der Waals surface area contributed by atoms with Gasteiger partial charge in [-0.3, -0.25) is 10.1 Å². The van der Waals surface area contributed by atoms with Crippen LogP contribution in [0.15, 0.2) is 24.3 Å². The van der Waals surface area contributed by atoms with Gasteiger partial charge in [-0.2, -0.15) is 0 Å². The van der Waals surface area contributed by atoms with E-state index >= 15 is 0 Å². The normalized spacial score (nSPS) is 23.6. The molecule has 29 heavy (non-hydrogen) atoms. The monoisotopic (exact) mass is 399 g/mol. The summed E-state index contributed by atoms with van der Waals surface area (Å²) in [6.07, 6.45) is 7.98. The lowest BCUT2D eigenvalue weighted by Gasteiger charge is -2.42. The van der Waals surface area contributed by atoms with Gasteiger partial charge in [-0.15, -0.1) is 0 Å². The van der Waals surface area contributed by atoms with Crippen molar-refractivity contribution in [2.45, 2.75) is 72.8 Å². The summed E-state index contributed by atoms with van der Waals surface area (Å²) in [5.74, 6) is 0. The number of nitro benzene ring substituents is 1. The number of piperazine rings is 1. The van der Waals surface area contributed by atoms with Crippen molar-refractivity contribution in [3.8, 4) is 0 Å². The van der Waals surface area contributed by atoms with Gasteiger partial charge in [0, 0.05) is 49.1 Å². The molecule has 5 heteroatoms. The molecule has 0 spiro atoms. The van der Waals surface area contributed by atoms with Gasteiger partial charge in [-0.25, -0.2) is 0 Å². The Bertz CT molecular complexity index is 782. The van der Waals surface area contributed by atoms with E-state index in [1.165, 1.54) is 18.4 Å². The van der Waals surface area contributed by atoms with Crippen molar-refractivity contribution in [3.05, 3.63) is 40.0 Å². The number of unbranched alkanes of at least 4 members (excludes halogenated alkanes) is 1. The minimum atomic E-state index is -0.265. The van der Waals surface area contributed by atoms with Crippen LogP contribution in [0.2, 0.25) is 0 Å². The molecule has 1 fully saturated rings. The van der Waals surface area contributed by atoms with Gasteiger partial charge in [0.05, 0.1) is 4.92 Å². The number of hydrogen-bond donors (Lipinski definition) is 1. The molecule has 1 saturated heterocycles. The lowest BCUT2D eigenvalue weighted by atomic mass is 9.65.